The van der Waals surface area contributed by atoms with Gasteiger partial charge < -0.3 is 34.9 Å². The summed E-state index contributed by atoms with van der Waals surface area (Å²) in [4.78, 5) is 0. The highest BCUT2D eigenvalue weighted by Gasteiger charge is 2.43. The van der Waals surface area contributed by atoms with Crippen molar-refractivity contribution in [2.75, 3.05) is 31.0 Å². The molecule has 1 aliphatic heterocycles. The molecule has 0 bridgehead atoms. The first-order valence-corrected chi connectivity index (χ1v) is 13.1. The molecule has 0 spiro atoms. The maximum Gasteiger partial charge on any atom is 0.573 e. The summed E-state index contributed by atoms with van der Waals surface area (Å²) >= 11 is -1.42. The molecule has 15 heteroatoms. The van der Waals surface area contributed by atoms with E-state index in [0.717, 1.165) is 25.3 Å². The molecule has 2 aromatic rings. The highest BCUT2D eigenvalue weighted by Crippen LogP contribution is 2.34. The molecule has 0 aliphatic carbocycles. The molecule has 0 aromatic heterocycles. The van der Waals surface area contributed by atoms with Crippen LogP contribution in [0, 0.1) is 11.7 Å². The number of nitrogens with two attached hydrogens (primary N) is 1. The fraction of sp³-hybridized carbons (Fsp3) is 0.500. The second-order valence-corrected chi connectivity index (χ2v) is 10.5. The Morgan fingerprint density at radius 2 is 1.85 bits per heavy atom. The molecule has 5 atom stereocenters. The molecule has 1 aliphatic rings. The van der Waals surface area contributed by atoms with Crippen LogP contribution in [-0.4, -0.2) is 65.7 Å². The van der Waals surface area contributed by atoms with Crippen LogP contribution in [0.2, 0.25) is 0 Å². The number of rotatable bonds is 10. The van der Waals surface area contributed by atoms with Gasteiger partial charge in [0, 0.05) is 19.6 Å². The van der Waals surface area contributed by atoms with Crippen molar-refractivity contribution in [3.8, 4) is 11.5 Å². The van der Waals surface area contributed by atoms with E-state index in [-0.39, 0.29) is 30.0 Å². The van der Waals surface area contributed by atoms with Crippen LogP contribution in [0.25, 0.3) is 0 Å². The Bertz CT molecular complexity index is 1110. The van der Waals surface area contributed by atoms with Crippen LogP contribution in [0.3, 0.4) is 0 Å². The van der Waals surface area contributed by atoms with E-state index < -0.39 is 77.5 Å². The second-order valence-electron chi connectivity index (χ2n) is 9.00. The third-order valence-corrected chi connectivity index (χ3v) is 7.49. The standard InChI is InChI=1S/C24H27F7N2O5S/c1-36-10-20(23(26,27)28)37-19-8-14(7-17(25)21(19)32)5-15-11-39(35)12-18(22(15)34)33-9-13-3-2-4-16(6-13)38-24(29,30)31/h2-4,6-8,15,18,20,22,33-34H,5,9-12,32H2,1H3/t15-,18+,20-,22+,39-/m1/s1. The fourth-order valence-corrected chi connectivity index (χ4v) is 5.80. The zero-order valence-electron chi connectivity index (χ0n) is 20.5. The Kier molecular flexibility index (Phi) is 10.2. The van der Waals surface area contributed by atoms with E-state index in [1.54, 1.807) is 0 Å². The number of alkyl halides is 6. The van der Waals surface area contributed by atoms with Gasteiger partial charge in [-0.1, -0.05) is 23.3 Å². The molecule has 0 amide bonds. The average Bonchev–Trinajstić information content (AvgIpc) is 2.81. The minimum Gasteiger partial charge on any atom is -0.616 e. The van der Waals surface area contributed by atoms with Crippen molar-refractivity contribution < 1.29 is 54.6 Å². The van der Waals surface area contributed by atoms with Gasteiger partial charge in [0.1, 0.15) is 34.5 Å². The number of benzene rings is 2. The lowest BCUT2D eigenvalue weighted by Crippen LogP contribution is -2.54. The molecular formula is C24H27F7N2O5S. The van der Waals surface area contributed by atoms with Crippen LogP contribution in [0.15, 0.2) is 36.4 Å². The third kappa shape index (κ3) is 9.03. The Hall–Kier alpha value is -2.46. The third-order valence-electron chi connectivity index (χ3n) is 5.96. The van der Waals surface area contributed by atoms with E-state index in [9.17, 15) is 40.4 Å². The molecule has 3 rings (SSSR count). The van der Waals surface area contributed by atoms with Crippen molar-refractivity contribution in [3.05, 3.63) is 53.3 Å². The van der Waals surface area contributed by atoms with Crippen molar-refractivity contribution >= 4 is 16.9 Å². The van der Waals surface area contributed by atoms with Gasteiger partial charge in [0.05, 0.1) is 18.8 Å². The molecule has 0 saturated carbocycles. The second kappa shape index (κ2) is 12.8. The summed E-state index contributed by atoms with van der Waals surface area (Å²) in [6.07, 6.45) is -13.3. The van der Waals surface area contributed by atoms with Crippen LogP contribution in [-0.2, 0) is 28.9 Å². The van der Waals surface area contributed by atoms with Crippen LogP contribution in [0.1, 0.15) is 11.1 Å². The van der Waals surface area contributed by atoms with Gasteiger partial charge in [-0.3, -0.25) is 0 Å². The molecule has 39 heavy (non-hydrogen) atoms. The molecule has 1 saturated heterocycles. The lowest BCUT2D eigenvalue weighted by Gasteiger charge is -2.36. The van der Waals surface area contributed by atoms with E-state index in [1.165, 1.54) is 18.2 Å². The summed E-state index contributed by atoms with van der Waals surface area (Å²) in [5.74, 6) is -2.61. The molecule has 218 valence electrons. The van der Waals surface area contributed by atoms with Crippen LogP contribution >= 0.6 is 0 Å². The SMILES string of the molecule is COC[C@@H](Oc1cc(C[C@@H]2C[S@@+]([O-])C[C@H](NCc3cccc(OC(F)(F)F)c3)[C@H]2O)cc(F)c1N)C(F)(F)F. The summed E-state index contributed by atoms with van der Waals surface area (Å²) in [7, 11) is 1.05. The minimum absolute atomic E-state index is 0.0214. The summed E-state index contributed by atoms with van der Waals surface area (Å²) in [5, 5.41) is 13.9. The quantitative estimate of drug-likeness (QED) is 0.221. The largest absolute Gasteiger partial charge is 0.616 e. The number of nitrogen functional groups attached to an aromatic ring is 1. The molecule has 0 radical (unpaired) electrons. The first-order chi connectivity index (χ1) is 18.2. The van der Waals surface area contributed by atoms with Crippen molar-refractivity contribution in [3.63, 3.8) is 0 Å². The average molecular weight is 589 g/mol. The van der Waals surface area contributed by atoms with Gasteiger partial charge in [0.2, 0.25) is 6.10 Å². The maximum absolute atomic E-state index is 14.5. The smallest absolute Gasteiger partial charge is 0.573 e. The Morgan fingerprint density at radius 3 is 2.49 bits per heavy atom. The summed E-state index contributed by atoms with van der Waals surface area (Å²) in [6.45, 7) is -0.832. The van der Waals surface area contributed by atoms with E-state index in [2.05, 4.69) is 14.8 Å². The number of halogens is 7. The number of hydrogen-bond donors (Lipinski definition) is 3. The number of methoxy groups -OCH3 is 1. The summed E-state index contributed by atoms with van der Waals surface area (Å²) in [6, 6.07) is 6.60. The molecule has 2 aromatic carbocycles. The van der Waals surface area contributed by atoms with E-state index in [1.807, 2.05) is 0 Å². The van der Waals surface area contributed by atoms with E-state index in [4.69, 9.17) is 10.5 Å². The lowest BCUT2D eigenvalue weighted by molar-refractivity contribution is -0.274. The van der Waals surface area contributed by atoms with Crippen molar-refractivity contribution in [2.45, 2.75) is 43.8 Å². The van der Waals surface area contributed by atoms with E-state index >= 15 is 0 Å². The molecular weight excluding hydrogens is 561 g/mol. The maximum atomic E-state index is 14.5. The predicted octanol–water partition coefficient (Wildman–Crippen LogP) is 3.70. The number of aliphatic hydroxyl groups excluding tert-OH is 1. The first-order valence-electron chi connectivity index (χ1n) is 11.6. The summed E-state index contributed by atoms with van der Waals surface area (Å²) < 4.78 is 118. The first kappa shape index (κ1) is 31.1. The fourth-order valence-electron chi connectivity index (χ4n) is 4.16. The lowest BCUT2D eigenvalue weighted by atomic mass is 9.91. The van der Waals surface area contributed by atoms with Gasteiger partial charge in [0.15, 0.2) is 0 Å². The molecule has 0 unspecified atom stereocenters. The number of ether oxygens (including phenoxy) is 3. The highest BCUT2D eigenvalue weighted by molar-refractivity contribution is 7.91. The molecule has 1 heterocycles. The van der Waals surface area contributed by atoms with E-state index in [0.29, 0.717) is 5.56 Å². The Labute approximate surface area is 222 Å². The topological polar surface area (TPSA) is 109 Å². The number of anilines is 1. The minimum atomic E-state index is -4.86. The number of aliphatic hydroxyl groups is 1. The summed E-state index contributed by atoms with van der Waals surface area (Å²) in [5.41, 5.74) is 5.54. The number of hydrogen-bond acceptors (Lipinski definition) is 7. The van der Waals surface area contributed by atoms with Gasteiger partial charge in [-0.2, -0.15) is 13.2 Å². The van der Waals surface area contributed by atoms with Crippen LogP contribution in [0.4, 0.5) is 36.4 Å². The van der Waals surface area contributed by atoms with Crippen LogP contribution < -0.4 is 20.5 Å². The zero-order valence-corrected chi connectivity index (χ0v) is 21.3. The van der Waals surface area contributed by atoms with Crippen LogP contribution in [0.5, 0.6) is 11.5 Å². The number of nitrogens with one attached hydrogen (secondary N) is 1. The van der Waals surface area contributed by atoms with Gasteiger partial charge in [0.25, 0.3) is 0 Å². The van der Waals surface area contributed by atoms with Crippen molar-refractivity contribution in [1.29, 1.82) is 0 Å². The molecule has 7 nitrogen and oxygen atoms in total. The van der Waals surface area contributed by atoms with Crippen molar-refractivity contribution in [2.24, 2.45) is 5.92 Å². The molecule has 4 N–H and O–H groups in total. The van der Waals surface area contributed by atoms with Gasteiger partial charge in [-0.05, 0) is 41.8 Å². The highest BCUT2D eigenvalue weighted by atomic mass is 32.2. The Balaban J connectivity index is 1.71. The Morgan fingerprint density at radius 1 is 1.13 bits per heavy atom. The van der Waals surface area contributed by atoms with Gasteiger partial charge in [-0.15, -0.1) is 13.2 Å². The molecule has 1 fully saturated rings. The van der Waals surface area contributed by atoms with Crippen molar-refractivity contribution in [1.82, 2.24) is 5.32 Å². The monoisotopic (exact) mass is 588 g/mol. The van der Waals surface area contributed by atoms with Gasteiger partial charge >= 0.3 is 12.5 Å². The van der Waals surface area contributed by atoms with Gasteiger partial charge in [-0.25, -0.2) is 4.39 Å². The zero-order chi connectivity index (χ0) is 29.0. The predicted molar refractivity (Wildman–Crippen MR) is 128 cm³/mol. The normalized spacial score (nSPS) is 22.9.